The van der Waals surface area contributed by atoms with Crippen LogP contribution in [-0.2, 0) is 0 Å². The first-order valence-electron chi connectivity index (χ1n) is 7.73. The van der Waals surface area contributed by atoms with Crippen molar-refractivity contribution in [1.29, 1.82) is 0 Å². The van der Waals surface area contributed by atoms with Gasteiger partial charge in [0.25, 0.3) is 11.7 Å². The lowest BCUT2D eigenvalue weighted by molar-refractivity contribution is 0.101. The molecular weight excluding hydrogens is 318 g/mol. The highest BCUT2D eigenvalue weighted by Gasteiger charge is 2.16. The Morgan fingerprint density at radius 3 is 2.64 bits per heavy atom. The normalized spacial score (nSPS) is 11.0. The van der Waals surface area contributed by atoms with E-state index in [9.17, 15) is 4.79 Å². The average Bonchev–Trinajstić information content (AvgIpc) is 3.22. The van der Waals surface area contributed by atoms with Crippen molar-refractivity contribution in [3.63, 3.8) is 0 Å². The summed E-state index contributed by atoms with van der Waals surface area (Å²) in [5.41, 5.74) is 2.59. The Hall–Kier alpha value is -3.55. The molecule has 0 saturated carbocycles. The van der Waals surface area contributed by atoms with Gasteiger partial charge in [-0.1, -0.05) is 18.2 Å². The number of hydrogen-bond donors (Lipinski definition) is 1. The van der Waals surface area contributed by atoms with Gasteiger partial charge >= 0.3 is 0 Å². The van der Waals surface area contributed by atoms with E-state index in [4.69, 9.17) is 0 Å². The summed E-state index contributed by atoms with van der Waals surface area (Å²) in [7, 11) is 0. The molecule has 0 atom stereocenters. The molecule has 0 bridgehead atoms. The molecule has 0 fully saturated rings. The molecule has 0 spiro atoms. The molecule has 124 valence electrons. The first-order chi connectivity index (χ1) is 12.1. The number of hydrogen-bond acceptors (Lipinski definition) is 5. The molecule has 0 radical (unpaired) electrons. The van der Waals surface area contributed by atoms with Crippen LogP contribution in [0.2, 0.25) is 0 Å². The molecule has 25 heavy (non-hydrogen) atoms. The van der Waals surface area contributed by atoms with Gasteiger partial charge in [-0.05, 0) is 32.0 Å². The van der Waals surface area contributed by atoms with Crippen molar-refractivity contribution in [3.05, 3.63) is 65.9 Å². The second-order valence-electron chi connectivity index (χ2n) is 5.62. The maximum Gasteiger partial charge on any atom is 0.296 e. The quantitative estimate of drug-likeness (QED) is 0.620. The predicted octanol–water partition coefficient (Wildman–Crippen LogP) is 2.18. The Bertz CT molecular complexity index is 1070. The molecule has 1 N–H and O–H groups in total. The van der Waals surface area contributed by atoms with Crippen molar-refractivity contribution >= 4 is 17.5 Å². The van der Waals surface area contributed by atoms with Crippen LogP contribution in [0, 0.1) is 13.8 Å². The largest absolute Gasteiger partial charge is 0.302 e. The highest BCUT2D eigenvalue weighted by molar-refractivity contribution is 6.01. The van der Waals surface area contributed by atoms with Crippen LogP contribution in [-0.4, -0.2) is 35.3 Å². The molecule has 3 heterocycles. The summed E-state index contributed by atoms with van der Waals surface area (Å²) in [5, 5.41) is 11.3. The molecule has 0 unspecified atom stereocenters. The number of amides is 1. The highest BCUT2D eigenvalue weighted by atomic mass is 16.2. The maximum atomic E-state index is 12.4. The third-order valence-corrected chi connectivity index (χ3v) is 3.67. The molecule has 0 aliphatic carbocycles. The van der Waals surface area contributed by atoms with Crippen LogP contribution in [0.1, 0.15) is 22.0 Å². The lowest BCUT2D eigenvalue weighted by Gasteiger charge is -2.00. The van der Waals surface area contributed by atoms with Gasteiger partial charge in [0.1, 0.15) is 0 Å². The number of para-hydroxylation sites is 1. The van der Waals surface area contributed by atoms with E-state index in [1.807, 2.05) is 50.2 Å². The predicted molar refractivity (Wildman–Crippen MR) is 91.8 cm³/mol. The van der Waals surface area contributed by atoms with Gasteiger partial charge in [0.15, 0.2) is 5.82 Å². The van der Waals surface area contributed by atoms with Gasteiger partial charge in [-0.15, -0.1) is 5.10 Å². The maximum absolute atomic E-state index is 12.4. The van der Waals surface area contributed by atoms with Crippen LogP contribution in [0.15, 0.2) is 48.7 Å². The van der Waals surface area contributed by atoms with Gasteiger partial charge in [-0.3, -0.25) is 4.79 Å². The Balaban J connectivity index is 1.58. The van der Waals surface area contributed by atoms with E-state index in [1.54, 1.807) is 21.5 Å². The number of aromatic nitrogens is 6. The number of aryl methyl sites for hydroxylation is 2. The lowest BCUT2D eigenvalue weighted by atomic mass is 10.3. The van der Waals surface area contributed by atoms with Gasteiger partial charge in [-0.25, -0.2) is 14.2 Å². The van der Waals surface area contributed by atoms with Gasteiger partial charge < -0.3 is 5.32 Å². The van der Waals surface area contributed by atoms with Crippen LogP contribution in [0.25, 0.3) is 11.5 Å². The van der Waals surface area contributed by atoms with E-state index >= 15 is 0 Å². The number of carbonyl (C=O) groups is 1. The number of benzene rings is 1. The summed E-state index contributed by atoms with van der Waals surface area (Å²) in [4.78, 5) is 20.9. The van der Waals surface area contributed by atoms with Crippen molar-refractivity contribution in [2.45, 2.75) is 13.8 Å². The Labute approximate surface area is 143 Å². The number of nitrogens with zero attached hydrogens (tertiary/aromatic N) is 6. The molecule has 0 aliphatic heterocycles. The summed E-state index contributed by atoms with van der Waals surface area (Å²) in [5.74, 6) is 0.447. The molecular formula is C17H15N7O. The van der Waals surface area contributed by atoms with Gasteiger partial charge in [0.2, 0.25) is 5.82 Å². The van der Waals surface area contributed by atoms with E-state index in [1.165, 1.54) is 0 Å². The Morgan fingerprint density at radius 2 is 1.84 bits per heavy atom. The molecule has 1 amide bonds. The summed E-state index contributed by atoms with van der Waals surface area (Å²) in [6, 6.07) is 13.2. The third-order valence-electron chi connectivity index (χ3n) is 3.67. The third kappa shape index (κ3) is 2.85. The second-order valence-corrected chi connectivity index (χ2v) is 5.62. The fraction of sp³-hybridized carbons (Fsp3) is 0.118. The van der Waals surface area contributed by atoms with Crippen molar-refractivity contribution < 1.29 is 4.79 Å². The van der Waals surface area contributed by atoms with Gasteiger partial charge in [0, 0.05) is 23.7 Å². The van der Waals surface area contributed by atoms with E-state index in [0.717, 1.165) is 17.1 Å². The topological polar surface area (TPSA) is 90.0 Å². The van der Waals surface area contributed by atoms with Crippen molar-refractivity contribution in [2.24, 2.45) is 0 Å². The summed E-state index contributed by atoms with van der Waals surface area (Å²) < 4.78 is 3.23. The first-order valence-corrected chi connectivity index (χ1v) is 7.73. The number of fused-ring (bicyclic) bond motifs is 1. The molecule has 0 saturated heterocycles. The van der Waals surface area contributed by atoms with E-state index in [2.05, 4.69) is 25.5 Å². The zero-order valence-electron chi connectivity index (χ0n) is 13.7. The van der Waals surface area contributed by atoms with E-state index in [-0.39, 0.29) is 5.82 Å². The smallest absolute Gasteiger partial charge is 0.296 e. The van der Waals surface area contributed by atoms with Gasteiger partial charge in [0.05, 0.1) is 5.69 Å². The minimum atomic E-state index is -0.430. The van der Waals surface area contributed by atoms with Gasteiger partial charge in [-0.2, -0.15) is 10.1 Å². The van der Waals surface area contributed by atoms with E-state index < -0.39 is 5.91 Å². The summed E-state index contributed by atoms with van der Waals surface area (Å²) >= 11 is 0. The minimum absolute atomic E-state index is 0.0514. The number of nitrogens with one attached hydrogen (secondary N) is 1. The Morgan fingerprint density at radius 1 is 1.04 bits per heavy atom. The van der Waals surface area contributed by atoms with Crippen LogP contribution in [0.3, 0.4) is 0 Å². The number of rotatable bonds is 3. The Kier molecular flexibility index (Phi) is 3.50. The molecule has 4 rings (SSSR count). The standard InChI is InChI=1S/C17H15N7O/c1-11-10-12(2)24-17(18-11)20-15(22-24)16(25)19-14-8-9-23(21-14)13-6-4-3-5-7-13/h3-10H,1-2H3,(H,19,21,25). The average molecular weight is 333 g/mol. The lowest BCUT2D eigenvalue weighted by Crippen LogP contribution is -2.14. The molecule has 3 aromatic heterocycles. The minimum Gasteiger partial charge on any atom is -0.302 e. The van der Waals surface area contributed by atoms with Crippen molar-refractivity contribution in [2.75, 3.05) is 5.32 Å². The first kappa shape index (κ1) is 15.0. The molecule has 8 nitrogen and oxygen atoms in total. The molecule has 4 aromatic rings. The molecule has 1 aromatic carbocycles. The van der Waals surface area contributed by atoms with Crippen LogP contribution in [0.5, 0.6) is 0 Å². The van der Waals surface area contributed by atoms with Crippen LogP contribution >= 0.6 is 0 Å². The second kappa shape index (κ2) is 5.82. The zero-order valence-corrected chi connectivity index (χ0v) is 13.7. The monoisotopic (exact) mass is 333 g/mol. The van der Waals surface area contributed by atoms with Crippen molar-refractivity contribution in [1.82, 2.24) is 29.4 Å². The van der Waals surface area contributed by atoms with E-state index in [0.29, 0.717) is 11.6 Å². The SMILES string of the molecule is Cc1cc(C)n2nc(C(=O)Nc3ccn(-c4ccccc4)n3)nc2n1. The number of anilines is 1. The summed E-state index contributed by atoms with van der Waals surface area (Å²) in [6.07, 6.45) is 1.77. The fourth-order valence-corrected chi connectivity index (χ4v) is 2.55. The molecule has 0 aliphatic rings. The van der Waals surface area contributed by atoms with Crippen LogP contribution < -0.4 is 5.32 Å². The fourth-order valence-electron chi connectivity index (χ4n) is 2.55. The highest BCUT2D eigenvalue weighted by Crippen LogP contribution is 2.11. The summed E-state index contributed by atoms with van der Waals surface area (Å²) in [6.45, 7) is 3.76. The number of carbonyl (C=O) groups excluding carboxylic acids is 1. The zero-order chi connectivity index (χ0) is 17.4. The molecule has 8 heteroatoms. The van der Waals surface area contributed by atoms with Crippen LogP contribution in [0.4, 0.5) is 5.82 Å². The van der Waals surface area contributed by atoms with Crippen molar-refractivity contribution in [3.8, 4) is 5.69 Å².